The number of benzene rings is 1. The number of rotatable bonds is 4. The molecule has 0 spiro atoms. The van der Waals surface area contributed by atoms with Gasteiger partial charge < -0.3 is 18.8 Å². The van der Waals surface area contributed by atoms with E-state index in [-0.39, 0.29) is 0 Å². The van der Waals surface area contributed by atoms with Gasteiger partial charge in [-0.25, -0.2) is 4.21 Å². The van der Waals surface area contributed by atoms with Crippen molar-refractivity contribution >= 4 is 15.2 Å². The zero-order valence-corrected chi connectivity index (χ0v) is 11.0. The average molecular weight is 260 g/mol. The molecule has 0 amide bonds. The number of hydrogen-bond acceptors (Lipinski definition) is 4. The minimum Gasteiger partial charge on any atom is -0.493 e. The van der Waals surface area contributed by atoms with Crippen LogP contribution in [0.25, 0.3) is 0 Å². The molecular formula is C11H16O5S. The van der Waals surface area contributed by atoms with Gasteiger partial charge in [-0.1, -0.05) is 0 Å². The van der Waals surface area contributed by atoms with Crippen molar-refractivity contribution in [2.75, 3.05) is 27.6 Å². The molecule has 5 nitrogen and oxygen atoms in total. The highest BCUT2D eigenvalue weighted by Gasteiger charge is 2.12. The maximum atomic E-state index is 11.3. The van der Waals surface area contributed by atoms with Crippen LogP contribution in [0, 0.1) is 0 Å². The lowest BCUT2D eigenvalue weighted by molar-refractivity contribution is 0.324. The van der Waals surface area contributed by atoms with Gasteiger partial charge in [0.25, 0.3) is 0 Å². The van der Waals surface area contributed by atoms with Crippen molar-refractivity contribution in [3.63, 3.8) is 0 Å². The van der Waals surface area contributed by atoms with Crippen LogP contribution in [0.4, 0.5) is 0 Å². The van der Waals surface area contributed by atoms with Gasteiger partial charge in [-0.05, 0) is 17.7 Å². The monoisotopic (exact) mass is 260 g/mol. The van der Waals surface area contributed by atoms with E-state index in [1.807, 2.05) is 0 Å². The molecule has 0 aliphatic carbocycles. The summed E-state index contributed by atoms with van der Waals surface area (Å²) in [4.78, 5) is 0. The van der Waals surface area contributed by atoms with E-state index in [2.05, 4.69) is 0 Å². The van der Waals surface area contributed by atoms with Gasteiger partial charge in [0.05, 0.1) is 31.1 Å². The minimum absolute atomic E-state index is 0.446. The van der Waals surface area contributed by atoms with E-state index in [9.17, 15) is 8.76 Å². The van der Waals surface area contributed by atoms with Crippen LogP contribution in [0.3, 0.4) is 0 Å². The maximum absolute atomic E-state index is 11.3. The zero-order valence-electron chi connectivity index (χ0n) is 10.2. The highest BCUT2D eigenvalue weighted by Crippen LogP contribution is 2.37. The molecule has 0 radical (unpaired) electrons. The lowest BCUT2D eigenvalue weighted by atomic mass is 10.2. The molecule has 1 N–H and O–H groups in total. The van der Waals surface area contributed by atoms with Crippen molar-refractivity contribution in [1.82, 2.24) is 0 Å². The zero-order chi connectivity index (χ0) is 13.1. The van der Waals surface area contributed by atoms with Crippen molar-refractivity contribution < 1.29 is 23.0 Å². The predicted octanol–water partition coefficient (Wildman–Crippen LogP) is 1.25. The smallest absolute Gasteiger partial charge is 0.203 e. The fourth-order valence-corrected chi connectivity index (χ4v) is 2.06. The quantitative estimate of drug-likeness (QED) is 0.825. The number of ether oxygens (including phenoxy) is 3. The topological polar surface area (TPSA) is 65.0 Å². The van der Waals surface area contributed by atoms with Crippen LogP contribution >= 0.6 is 0 Å². The van der Waals surface area contributed by atoms with E-state index in [1.165, 1.54) is 33.0 Å². The Kier molecular flexibility index (Phi) is 4.25. The van der Waals surface area contributed by atoms with Crippen LogP contribution in [-0.4, -0.2) is 41.7 Å². The molecule has 0 aromatic heterocycles. The summed E-state index contributed by atoms with van der Waals surface area (Å²) in [7, 11) is 1.50. The normalized spacial score (nSPS) is 13.7. The van der Waals surface area contributed by atoms with Gasteiger partial charge in [-0.3, -0.25) is 0 Å². The highest BCUT2D eigenvalue weighted by atomic mass is 32.2. The standard InChI is InChI=1S/C11H16O5S/c1-14-9-5-8(7-17(4,12)13)6-10(15-2)11(9)16-3/h5-7H,1-4H3,(H,12,13). The van der Waals surface area contributed by atoms with Gasteiger partial charge in [0.2, 0.25) is 5.75 Å². The summed E-state index contributed by atoms with van der Waals surface area (Å²) in [5, 5.41) is 1.25. The molecule has 1 unspecified atom stereocenters. The fourth-order valence-electron chi connectivity index (χ4n) is 1.42. The first kappa shape index (κ1) is 13.7. The van der Waals surface area contributed by atoms with Crippen LogP contribution in [-0.2, 0) is 9.80 Å². The third-order valence-electron chi connectivity index (χ3n) is 2.04. The van der Waals surface area contributed by atoms with Crippen LogP contribution < -0.4 is 14.2 Å². The average Bonchev–Trinajstić information content (AvgIpc) is 2.25. The molecule has 0 fully saturated rings. The van der Waals surface area contributed by atoms with Gasteiger partial charge in [-0.2, -0.15) is 0 Å². The maximum Gasteiger partial charge on any atom is 0.203 e. The first-order chi connectivity index (χ1) is 7.91. The van der Waals surface area contributed by atoms with Crippen LogP contribution in [0.15, 0.2) is 12.1 Å². The van der Waals surface area contributed by atoms with Gasteiger partial charge in [0.15, 0.2) is 11.5 Å². The van der Waals surface area contributed by atoms with Gasteiger partial charge >= 0.3 is 0 Å². The van der Waals surface area contributed by atoms with Crippen molar-refractivity contribution in [2.24, 2.45) is 0 Å². The van der Waals surface area contributed by atoms with Gasteiger partial charge in [-0.15, -0.1) is 0 Å². The van der Waals surface area contributed by atoms with E-state index in [0.717, 1.165) is 0 Å². The first-order valence-electron chi connectivity index (χ1n) is 4.77. The summed E-state index contributed by atoms with van der Waals surface area (Å²) in [6.07, 6.45) is 1.23. The summed E-state index contributed by atoms with van der Waals surface area (Å²) in [6.45, 7) is 0. The molecule has 17 heavy (non-hydrogen) atoms. The molecule has 1 aromatic carbocycles. The second-order valence-electron chi connectivity index (χ2n) is 3.44. The highest BCUT2D eigenvalue weighted by molar-refractivity contribution is 7.95. The molecule has 0 aliphatic rings. The molecular weight excluding hydrogens is 244 g/mol. The minimum atomic E-state index is -2.97. The van der Waals surface area contributed by atoms with E-state index in [1.54, 1.807) is 12.1 Å². The molecule has 96 valence electrons. The molecule has 0 saturated carbocycles. The SMILES string of the molecule is COc1cc(C=S(C)(=O)O)cc(OC)c1OC. The number of hydrogen-bond donors (Lipinski definition) is 1. The number of methoxy groups -OCH3 is 3. The Balaban J connectivity index is 3.43. The largest absolute Gasteiger partial charge is 0.493 e. The van der Waals surface area contributed by atoms with Crippen molar-refractivity contribution in [3.8, 4) is 17.2 Å². The molecule has 1 atom stereocenters. The van der Waals surface area contributed by atoms with Crippen LogP contribution in [0.2, 0.25) is 0 Å². The summed E-state index contributed by atoms with van der Waals surface area (Å²) in [5.41, 5.74) is 0.537. The molecule has 6 heteroatoms. The summed E-state index contributed by atoms with van der Waals surface area (Å²) < 4.78 is 36.0. The Morgan fingerprint density at radius 2 is 1.59 bits per heavy atom. The molecule has 0 saturated heterocycles. The molecule has 0 bridgehead atoms. The first-order valence-corrected chi connectivity index (χ1v) is 6.76. The Morgan fingerprint density at radius 1 is 1.12 bits per heavy atom. The summed E-state index contributed by atoms with van der Waals surface area (Å²) >= 11 is 0. The van der Waals surface area contributed by atoms with Crippen LogP contribution in [0.5, 0.6) is 17.2 Å². The second-order valence-corrected chi connectivity index (χ2v) is 5.40. The lowest BCUT2D eigenvalue weighted by Crippen LogP contribution is -2.01. The molecule has 1 aromatic rings. The Labute approximate surface area is 101 Å². The van der Waals surface area contributed by atoms with Crippen molar-refractivity contribution in [3.05, 3.63) is 17.7 Å². The third-order valence-corrected chi connectivity index (χ3v) is 2.75. The second kappa shape index (κ2) is 5.29. The van der Waals surface area contributed by atoms with E-state index >= 15 is 0 Å². The fraction of sp³-hybridized carbons (Fsp3) is 0.364. The summed E-state index contributed by atoms with van der Waals surface area (Å²) in [6, 6.07) is 3.22. The van der Waals surface area contributed by atoms with Gasteiger partial charge in [0, 0.05) is 11.6 Å². The van der Waals surface area contributed by atoms with E-state index in [0.29, 0.717) is 22.8 Å². The van der Waals surface area contributed by atoms with E-state index in [4.69, 9.17) is 14.2 Å². The van der Waals surface area contributed by atoms with E-state index < -0.39 is 9.80 Å². The predicted molar refractivity (Wildman–Crippen MR) is 68.0 cm³/mol. The lowest BCUT2D eigenvalue weighted by Gasteiger charge is -2.12. The Morgan fingerprint density at radius 3 is 1.88 bits per heavy atom. The summed E-state index contributed by atoms with van der Waals surface area (Å²) in [5.74, 6) is 1.34. The molecule has 0 aliphatic heterocycles. The molecule has 1 rings (SSSR count). The van der Waals surface area contributed by atoms with Crippen LogP contribution in [0.1, 0.15) is 5.56 Å². The van der Waals surface area contributed by atoms with Gasteiger partial charge in [0.1, 0.15) is 0 Å². The van der Waals surface area contributed by atoms with Crippen molar-refractivity contribution in [2.45, 2.75) is 0 Å². The molecule has 0 heterocycles. The van der Waals surface area contributed by atoms with Crippen molar-refractivity contribution in [1.29, 1.82) is 0 Å². The Hall–Kier alpha value is -1.40. The third kappa shape index (κ3) is 3.54. The Bertz CT molecular complexity index is 482.